The van der Waals surface area contributed by atoms with E-state index >= 15 is 0 Å². The number of esters is 1. The van der Waals surface area contributed by atoms with Gasteiger partial charge in [0.05, 0.1) is 12.5 Å². The molecule has 2 aromatic carbocycles. The lowest BCUT2D eigenvalue weighted by atomic mass is 9.76. The Kier molecular flexibility index (Phi) is 6.28. The highest BCUT2D eigenvalue weighted by molar-refractivity contribution is 6.30. The molecule has 2 aromatic rings. The second-order valence-corrected chi connectivity index (χ2v) is 8.59. The summed E-state index contributed by atoms with van der Waals surface area (Å²) >= 11 is 6.07. The SMILES string of the molecule is CN1C2CCC1[C@@H](C(=O)OCCc1ccc(N=[N+]=[N-])cc1)[C@@H](c1ccc(Cl)cc1)C2. The summed E-state index contributed by atoms with van der Waals surface area (Å²) in [7, 11) is 2.13. The van der Waals surface area contributed by atoms with Crippen molar-refractivity contribution in [3.05, 3.63) is 75.1 Å². The third-order valence-electron chi connectivity index (χ3n) is 6.57. The van der Waals surface area contributed by atoms with E-state index in [0.717, 1.165) is 24.8 Å². The van der Waals surface area contributed by atoms with E-state index in [9.17, 15) is 4.79 Å². The molecule has 0 radical (unpaired) electrons. The first-order chi connectivity index (χ1) is 14.6. The number of rotatable bonds is 6. The van der Waals surface area contributed by atoms with Crippen molar-refractivity contribution in [2.24, 2.45) is 11.0 Å². The fourth-order valence-corrected chi connectivity index (χ4v) is 5.11. The summed E-state index contributed by atoms with van der Waals surface area (Å²) in [6, 6.07) is 16.0. The quantitative estimate of drug-likeness (QED) is 0.261. The van der Waals surface area contributed by atoms with E-state index in [1.165, 1.54) is 5.56 Å². The molecule has 0 aromatic heterocycles. The monoisotopic (exact) mass is 424 g/mol. The number of carbonyl (C=O) groups is 1. The van der Waals surface area contributed by atoms with Crippen molar-refractivity contribution in [2.45, 2.75) is 43.7 Å². The van der Waals surface area contributed by atoms with Gasteiger partial charge in [0.1, 0.15) is 0 Å². The molecule has 0 aliphatic carbocycles. The number of nitrogens with zero attached hydrogens (tertiary/aromatic N) is 4. The molecule has 30 heavy (non-hydrogen) atoms. The van der Waals surface area contributed by atoms with E-state index in [-0.39, 0.29) is 23.8 Å². The maximum Gasteiger partial charge on any atom is 0.311 e. The van der Waals surface area contributed by atoms with E-state index in [4.69, 9.17) is 21.9 Å². The van der Waals surface area contributed by atoms with Crippen LogP contribution in [-0.2, 0) is 16.0 Å². The van der Waals surface area contributed by atoms with E-state index in [1.54, 1.807) is 12.1 Å². The number of piperidine rings is 1. The van der Waals surface area contributed by atoms with Crippen LogP contribution >= 0.6 is 11.6 Å². The predicted octanol–water partition coefficient (Wildman–Crippen LogP) is 5.63. The van der Waals surface area contributed by atoms with Crippen LogP contribution in [0.15, 0.2) is 53.6 Å². The van der Waals surface area contributed by atoms with Gasteiger partial charge in [-0.05, 0) is 55.1 Å². The minimum absolute atomic E-state index is 0.113. The van der Waals surface area contributed by atoms with Gasteiger partial charge in [0.15, 0.2) is 0 Å². The lowest BCUT2D eigenvalue weighted by Crippen LogP contribution is -2.49. The largest absolute Gasteiger partial charge is 0.465 e. The fraction of sp³-hybridized carbons (Fsp3) is 0.435. The molecule has 4 rings (SSSR count). The van der Waals surface area contributed by atoms with Gasteiger partial charge in [0.25, 0.3) is 0 Å². The maximum atomic E-state index is 13.2. The van der Waals surface area contributed by atoms with Crippen LogP contribution in [0.2, 0.25) is 5.02 Å². The first-order valence-corrected chi connectivity index (χ1v) is 10.7. The maximum absolute atomic E-state index is 13.2. The van der Waals surface area contributed by atoms with E-state index in [2.05, 4.69) is 22.0 Å². The number of ether oxygens (including phenoxy) is 1. The van der Waals surface area contributed by atoms with Gasteiger partial charge in [-0.25, -0.2) is 0 Å². The topological polar surface area (TPSA) is 78.3 Å². The Bertz CT molecular complexity index is 941. The van der Waals surface area contributed by atoms with Gasteiger partial charge in [0.2, 0.25) is 0 Å². The molecule has 0 amide bonds. The van der Waals surface area contributed by atoms with Gasteiger partial charge in [0, 0.05) is 40.0 Å². The third-order valence-corrected chi connectivity index (χ3v) is 6.82. The molecule has 2 aliphatic heterocycles. The molecular weight excluding hydrogens is 400 g/mol. The van der Waals surface area contributed by atoms with E-state index < -0.39 is 0 Å². The average Bonchev–Trinajstić information content (AvgIpc) is 2.98. The van der Waals surface area contributed by atoms with E-state index in [0.29, 0.717) is 29.8 Å². The number of azide groups is 1. The highest BCUT2D eigenvalue weighted by atomic mass is 35.5. The van der Waals surface area contributed by atoms with Crippen LogP contribution in [0.4, 0.5) is 5.69 Å². The van der Waals surface area contributed by atoms with Gasteiger partial charge in [-0.15, -0.1) is 0 Å². The molecule has 2 saturated heterocycles. The minimum atomic E-state index is -0.165. The normalized spacial score (nSPS) is 25.5. The lowest BCUT2D eigenvalue weighted by molar-refractivity contribution is -0.153. The zero-order valence-electron chi connectivity index (χ0n) is 16.9. The average molecular weight is 425 g/mol. The van der Waals surface area contributed by atoms with Crippen LogP contribution < -0.4 is 0 Å². The highest BCUT2D eigenvalue weighted by Gasteiger charge is 2.49. The minimum Gasteiger partial charge on any atom is -0.465 e. The molecule has 2 fully saturated rings. The number of fused-ring (bicyclic) bond motifs is 2. The summed E-state index contributed by atoms with van der Waals surface area (Å²) < 4.78 is 5.76. The zero-order chi connectivity index (χ0) is 21.1. The molecule has 0 saturated carbocycles. The summed E-state index contributed by atoms with van der Waals surface area (Å²) in [5, 5.41) is 4.28. The third kappa shape index (κ3) is 4.31. The van der Waals surface area contributed by atoms with Crippen molar-refractivity contribution in [3.8, 4) is 0 Å². The van der Waals surface area contributed by atoms with Crippen molar-refractivity contribution in [2.75, 3.05) is 13.7 Å². The summed E-state index contributed by atoms with van der Waals surface area (Å²) in [5.41, 5.74) is 11.3. The predicted molar refractivity (Wildman–Crippen MR) is 117 cm³/mol. The van der Waals surface area contributed by atoms with Crippen molar-refractivity contribution in [3.63, 3.8) is 0 Å². The van der Waals surface area contributed by atoms with Crippen molar-refractivity contribution < 1.29 is 9.53 Å². The number of hydrogen-bond donors (Lipinski definition) is 0. The standard InChI is InChI=1S/C23H25ClN4O2/c1-28-19-10-11-21(28)22(20(14-19)16-4-6-17(24)7-5-16)23(29)30-13-12-15-2-8-18(9-3-15)26-27-25/h2-9,19-22H,10-14H2,1H3/t19?,20-,21?,22+/m1/s1. The van der Waals surface area contributed by atoms with Crippen LogP contribution in [0.25, 0.3) is 10.4 Å². The van der Waals surface area contributed by atoms with Crippen molar-refractivity contribution in [1.82, 2.24) is 4.90 Å². The first-order valence-electron chi connectivity index (χ1n) is 10.3. The van der Waals surface area contributed by atoms with E-state index in [1.807, 2.05) is 36.4 Å². The molecule has 0 N–H and O–H groups in total. The number of benzene rings is 2. The summed E-state index contributed by atoms with van der Waals surface area (Å²) in [5.74, 6) is -0.119. The number of hydrogen-bond acceptors (Lipinski definition) is 4. The Balaban J connectivity index is 1.44. The zero-order valence-corrected chi connectivity index (χ0v) is 17.7. The molecule has 4 atom stereocenters. The van der Waals surface area contributed by atoms with Gasteiger partial charge in [-0.1, -0.05) is 53.1 Å². The van der Waals surface area contributed by atoms with Gasteiger partial charge in [-0.3, -0.25) is 9.69 Å². The summed E-state index contributed by atoms with van der Waals surface area (Å²) in [6.07, 6.45) is 3.76. The molecule has 7 heteroatoms. The molecule has 2 bridgehead atoms. The second-order valence-electron chi connectivity index (χ2n) is 8.16. The second kappa shape index (κ2) is 9.09. The lowest BCUT2D eigenvalue weighted by Gasteiger charge is -2.42. The Morgan fingerprint density at radius 3 is 2.63 bits per heavy atom. The first kappa shape index (κ1) is 20.7. The Hall–Kier alpha value is -2.53. The Labute approximate surface area is 181 Å². The molecule has 2 unspecified atom stereocenters. The van der Waals surface area contributed by atoms with Crippen molar-refractivity contribution >= 4 is 23.3 Å². The number of carbonyl (C=O) groups excluding carboxylic acids is 1. The van der Waals surface area contributed by atoms with Crippen LogP contribution in [0, 0.1) is 5.92 Å². The van der Waals surface area contributed by atoms with Gasteiger partial charge in [-0.2, -0.15) is 0 Å². The molecule has 156 valence electrons. The van der Waals surface area contributed by atoms with Crippen LogP contribution in [-0.4, -0.2) is 36.6 Å². The Morgan fingerprint density at radius 2 is 1.93 bits per heavy atom. The summed E-state index contributed by atoms with van der Waals surface area (Å²) in [4.78, 5) is 18.3. The fourth-order valence-electron chi connectivity index (χ4n) is 4.99. The molecule has 6 nitrogen and oxygen atoms in total. The van der Waals surface area contributed by atoms with Gasteiger partial charge < -0.3 is 4.74 Å². The molecule has 0 spiro atoms. The van der Waals surface area contributed by atoms with Gasteiger partial charge >= 0.3 is 5.97 Å². The van der Waals surface area contributed by atoms with Crippen LogP contribution in [0.5, 0.6) is 0 Å². The molecule has 2 aliphatic rings. The molecule has 2 heterocycles. The van der Waals surface area contributed by atoms with Crippen LogP contribution in [0.1, 0.15) is 36.3 Å². The highest BCUT2D eigenvalue weighted by Crippen LogP contribution is 2.46. The summed E-state index contributed by atoms with van der Waals surface area (Å²) in [6.45, 7) is 0.337. The van der Waals surface area contributed by atoms with Crippen molar-refractivity contribution in [1.29, 1.82) is 0 Å². The number of halogens is 1. The molecular formula is C23H25ClN4O2. The smallest absolute Gasteiger partial charge is 0.311 e. The Morgan fingerprint density at radius 1 is 1.20 bits per heavy atom. The van der Waals surface area contributed by atoms with Crippen LogP contribution in [0.3, 0.4) is 0 Å².